The zero-order valence-corrected chi connectivity index (χ0v) is 11.7. The van der Waals surface area contributed by atoms with Gasteiger partial charge in [-0.1, -0.05) is 31.2 Å². The number of hydrogen-bond acceptors (Lipinski definition) is 3. The molecule has 4 nitrogen and oxygen atoms in total. The molecular formula is C16H21NO3. The molecule has 1 aromatic rings. The van der Waals surface area contributed by atoms with Gasteiger partial charge in [0, 0.05) is 13.0 Å². The van der Waals surface area contributed by atoms with E-state index in [1.807, 2.05) is 31.2 Å². The van der Waals surface area contributed by atoms with Crippen molar-refractivity contribution in [2.45, 2.75) is 44.4 Å². The van der Waals surface area contributed by atoms with Crippen LogP contribution in [0.25, 0.3) is 0 Å². The first-order valence-electron chi connectivity index (χ1n) is 7.38. The van der Waals surface area contributed by atoms with E-state index in [1.165, 1.54) is 0 Å². The van der Waals surface area contributed by atoms with Crippen molar-refractivity contribution in [3.63, 3.8) is 0 Å². The number of aliphatic hydroxyl groups is 1. The van der Waals surface area contributed by atoms with E-state index in [0.717, 1.165) is 24.0 Å². The molecule has 1 aromatic carbocycles. The third kappa shape index (κ3) is 2.34. The van der Waals surface area contributed by atoms with Crippen molar-refractivity contribution >= 4 is 5.91 Å². The number of nitrogens with one attached hydrogen (secondary N) is 1. The van der Waals surface area contributed by atoms with Crippen LogP contribution in [0.1, 0.15) is 36.9 Å². The molecule has 2 N–H and O–H groups in total. The molecule has 0 bridgehead atoms. The average molecular weight is 275 g/mol. The fourth-order valence-electron chi connectivity index (χ4n) is 3.36. The predicted octanol–water partition coefficient (Wildman–Crippen LogP) is 1.58. The molecule has 3 rings (SSSR count). The molecular weight excluding hydrogens is 254 g/mol. The van der Waals surface area contributed by atoms with Crippen molar-refractivity contribution in [3.8, 4) is 0 Å². The van der Waals surface area contributed by atoms with Gasteiger partial charge < -0.3 is 15.2 Å². The zero-order valence-electron chi connectivity index (χ0n) is 11.7. The molecule has 20 heavy (non-hydrogen) atoms. The van der Waals surface area contributed by atoms with Crippen molar-refractivity contribution in [1.29, 1.82) is 0 Å². The first-order valence-corrected chi connectivity index (χ1v) is 7.38. The Morgan fingerprint density at radius 3 is 3.05 bits per heavy atom. The Balaban J connectivity index is 1.73. The van der Waals surface area contributed by atoms with Gasteiger partial charge in [0.2, 0.25) is 5.91 Å². The summed E-state index contributed by atoms with van der Waals surface area (Å²) in [6.07, 6.45) is 1.72. The summed E-state index contributed by atoms with van der Waals surface area (Å²) in [4.78, 5) is 12.4. The molecule has 1 saturated heterocycles. The SMILES string of the molecule is CCC1OCCC1C(=O)N[C@H]1c2ccccc2C[C@H]1O. The number of fused-ring (bicyclic) bond motifs is 1. The number of rotatable bonds is 3. The van der Waals surface area contributed by atoms with Gasteiger partial charge in [-0.25, -0.2) is 0 Å². The fourth-order valence-corrected chi connectivity index (χ4v) is 3.36. The Bertz CT molecular complexity index is 502. The highest BCUT2D eigenvalue weighted by Gasteiger charge is 2.37. The molecule has 0 aromatic heterocycles. The summed E-state index contributed by atoms with van der Waals surface area (Å²) in [5.74, 6) is -0.0740. The molecule has 0 saturated carbocycles. The molecule has 0 spiro atoms. The first kappa shape index (κ1) is 13.6. The van der Waals surface area contributed by atoms with Gasteiger partial charge in [0.25, 0.3) is 0 Å². The fraction of sp³-hybridized carbons (Fsp3) is 0.562. The summed E-state index contributed by atoms with van der Waals surface area (Å²) in [5.41, 5.74) is 2.17. The Labute approximate surface area is 119 Å². The normalized spacial score (nSPS) is 32.1. The monoisotopic (exact) mass is 275 g/mol. The lowest BCUT2D eigenvalue weighted by Crippen LogP contribution is -2.40. The largest absolute Gasteiger partial charge is 0.390 e. The molecule has 4 atom stereocenters. The van der Waals surface area contributed by atoms with Crippen LogP contribution in [0.3, 0.4) is 0 Å². The van der Waals surface area contributed by atoms with E-state index in [4.69, 9.17) is 4.74 Å². The Morgan fingerprint density at radius 1 is 1.45 bits per heavy atom. The zero-order chi connectivity index (χ0) is 14.1. The van der Waals surface area contributed by atoms with E-state index >= 15 is 0 Å². The maximum Gasteiger partial charge on any atom is 0.226 e. The summed E-state index contributed by atoms with van der Waals surface area (Å²) in [7, 11) is 0. The van der Waals surface area contributed by atoms with E-state index in [0.29, 0.717) is 13.0 Å². The van der Waals surface area contributed by atoms with Crippen LogP contribution in [-0.2, 0) is 16.0 Å². The quantitative estimate of drug-likeness (QED) is 0.880. The van der Waals surface area contributed by atoms with E-state index < -0.39 is 6.10 Å². The van der Waals surface area contributed by atoms with Gasteiger partial charge in [-0.3, -0.25) is 4.79 Å². The molecule has 2 unspecified atom stereocenters. The Morgan fingerprint density at radius 2 is 2.25 bits per heavy atom. The van der Waals surface area contributed by atoms with Gasteiger partial charge in [0.15, 0.2) is 0 Å². The minimum atomic E-state index is -0.529. The van der Waals surface area contributed by atoms with E-state index in [-0.39, 0.29) is 24.0 Å². The molecule has 2 aliphatic rings. The van der Waals surface area contributed by atoms with E-state index in [9.17, 15) is 9.90 Å². The van der Waals surface area contributed by atoms with E-state index in [1.54, 1.807) is 0 Å². The molecule has 1 heterocycles. The highest BCUT2D eigenvalue weighted by molar-refractivity contribution is 5.80. The van der Waals surface area contributed by atoms with Gasteiger partial charge >= 0.3 is 0 Å². The third-order valence-corrected chi connectivity index (χ3v) is 4.45. The average Bonchev–Trinajstić information content (AvgIpc) is 3.04. The third-order valence-electron chi connectivity index (χ3n) is 4.45. The van der Waals surface area contributed by atoms with Crippen LogP contribution < -0.4 is 5.32 Å². The molecule has 1 amide bonds. The lowest BCUT2D eigenvalue weighted by atomic mass is 9.97. The van der Waals surface area contributed by atoms with Gasteiger partial charge in [0.05, 0.1) is 24.2 Å². The van der Waals surface area contributed by atoms with Crippen LogP contribution in [0.5, 0.6) is 0 Å². The van der Waals surface area contributed by atoms with Crippen molar-refractivity contribution in [2.75, 3.05) is 6.61 Å². The number of amides is 1. The van der Waals surface area contributed by atoms with Gasteiger partial charge in [-0.05, 0) is 24.0 Å². The minimum Gasteiger partial charge on any atom is -0.390 e. The minimum absolute atomic E-state index is 0.00935. The molecule has 0 radical (unpaired) electrons. The highest BCUT2D eigenvalue weighted by Crippen LogP contribution is 2.32. The first-order chi connectivity index (χ1) is 9.70. The Hall–Kier alpha value is -1.39. The molecule has 1 aliphatic carbocycles. The molecule has 108 valence electrons. The summed E-state index contributed by atoms with van der Waals surface area (Å²) >= 11 is 0. The molecule has 1 aliphatic heterocycles. The summed E-state index contributed by atoms with van der Waals surface area (Å²) in [5, 5.41) is 13.2. The van der Waals surface area contributed by atoms with Crippen LogP contribution in [0.4, 0.5) is 0 Å². The topological polar surface area (TPSA) is 58.6 Å². The van der Waals surface area contributed by atoms with Crippen LogP contribution in [-0.4, -0.2) is 29.8 Å². The summed E-state index contributed by atoms with van der Waals surface area (Å²) in [6.45, 7) is 2.69. The predicted molar refractivity (Wildman–Crippen MR) is 75.2 cm³/mol. The lowest BCUT2D eigenvalue weighted by molar-refractivity contribution is -0.128. The van der Waals surface area contributed by atoms with Crippen molar-refractivity contribution in [2.24, 2.45) is 5.92 Å². The van der Waals surface area contributed by atoms with E-state index in [2.05, 4.69) is 5.32 Å². The van der Waals surface area contributed by atoms with Crippen LogP contribution in [0.15, 0.2) is 24.3 Å². The number of ether oxygens (including phenoxy) is 1. The maximum atomic E-state index is 12.4. The molecule has 4 heteroatoms. The number of carbonyl (C=O) groups is 1. The summed E-state index contributed by atoms with van der Waals surface area (Å²) < 4.78 is 5.57. The second-order valence-corrected chi connectivity index (χ2v) is 5.67. The second kappa shape index (κ2) is 5.54. The van der Waals surface area contributed by atoms with Gasteiger partial charge in [0.1, 0.15) is 0 Å². The smallest absolute Gasteiger partial charge is 0.226 e. The standard InChI is InChI=1S/C16H21NO3/c1-2-14-12(7-8-20-14)16(19)17-15-11-6-4-3-5-10(11)9-13(15)18/h3-6,12-15,18H,2,7-9H2,1H3,(H,17,19)/t12?,13-,14?,15+/m1/s1. The number of hydrogen-bond donors (Lipinski definition) is 2. The van der Waals surface area contributed by atoms with Crippen molar-refractivity contribution in [1.82, 2.24) is 5.32 Å². The van der Waals surface area contributed by atoms with Crippen LogP contribution in [0.2, 0.25) is 0 Å². The van der Waals surface area contributed by atoms with Gasteiger partial charge in [-0.2, -0.15) is 0 Å². The second-order valence-electron chi connectivity index (χ2n) is 5.67. The van der Waals surface area contributed by atoms with Crippen LogP contribution in [0, 0.1) is 5.92 Å². The van der Waals surface area contributed by atoms with Gasteiger partial charge in [-0.15, -0.1) is 0 Å². The highest BCUT2D eigenvalue weighted by atomic mass is 16.5. The number of aliphatic hydroxyl groups excluding tert-OH is 1. The lowest BCUT2D eigenvalue weighted by Gasteiger charge is -2.22. The maximum absolute atomic E-state index is 12.4. The molecule has 1 fully saturated rings. The Kier molecular flexibility index (Phi) is 3.76. The van der Waals surface area contributed by atoms with Crippen molar-refractivity contribution < 1.29 is 14.6 Å². The number of carbonyl (C=O) groups excluding carboxylic acids is 1. The summed E-state index contributed by atoms with van der Waals surface area (Å²) in [6, 6.07) is 7.63. The van der Waals surface area contributed by atoms with Crippen LogP contribution >= 0.6 is 0 Å². The van der Waals surface area contributed by atoms with Crippen molar-refractivity contribution in [3.05, 3.63) is 35.4 Å². The number of benzene rings is 1.